The molecule has 17 nitrogen and oxygen atoms in total. The average molecular weight is 654 g/mol. The van der Waals surface area contributed by atoms with Gasteiger partial charge < -0.3 is 81.9 Å². The zero-order valence-corrected chi connectivity index (χ0v) is 26.2. The standard InChI is InChI=1S/C28H55N5O12/c1-12(9-34)7-32-8-14-4-5-15(29)26(43-14)44-23-16(30)6-17(33-25(31)21(39)20(38)18(36)10-35)24(22(23)40)45-27-19(37)13(2)28(3,41)11-42-27/h12-24,26-27,32,34-41H,4-11,29-30H2,1-3H3,(H2,31,33)/t12?,13-,14+,15?,16+,17-,18?,19?,20?,21?,22?,23?,24?,26-,27-,28?/m1/s1. The fourth-order valence-corrected chi connectivity index (χ4v) is 5.74. The number of hydrogen-bond acceptors (Lipinski definition) is 16. The first kappa shape index (κ1) is 38.3. The fraction of sp³-hybridized carbons (Fsp3) is 0.964. The minimum atomic E-state index is -1.93. The van der Waals surface area contributed by atoms with E-state index in [1.54, 1.807) is 6.92 Å². The van der Waals surface area contributed by atoms with Gasteiger partial charge >= 0.3 is 0 Å². The normalized spacial score (nSPS) is 42.0. The van der Waals surface area contributed by atoms with Crippen LogP contribution in [0.5, 0.6) is 0 Å². The molecule has 2 saturated heterocycles. The highest BCUT2D eigenvalue weighted by atomic mass is 16.7. The lowest BCUT2D eigenvalue weighted by atomic mass is 9.82. The van der Waals surface area contributed by atoms with E-state index in [2.05, 4.69) is 10.6 Å². The Hall–Kier alpha value is -1.13. The van der Waals surface area contributed by atoms with Crippen molar-refractivity contribution in [2.45, 2.75) is 125 Å². The first-order valence-electron chi connectivity index (χ1n) is 15.6. The number of rotatable bonds is 14. The first-order valence-corrected chi connectivity index (χ1v) is 15.6. The van der Waals surface area contributed by atoms with Crippen LogP contribution in [-0.4, -0.2) is 165 Å². The van der Waals surface area contributed by atoms with Gasteiger partial charge in [0.2, 0.25) is 0 Å². The fourth-order valence-electron chi connectivity index (χ4n) is 5.74. The number of aliphatic hydroxyl groups excluding tert-OH is 7. The van der Waals surface area contributed by atoms with E-state index < -0.39 is 97.4 Å². The van der Waals surface area contributed by atoms with Crippen LogP contribution < -0.4 is 22.1 Å². The van der Waals surface area contributed by atoms with Crippen LogP contribution >= 0.6 is 0 Å². The number of ether oxygens (including phenoxy) is 4. The predicted molar refractivity (Wildman–Crippen MR) is 159 cm³/mol. The molecule has 1 aliphatic carbocycles. The molecule has 0 aromatic carbocycles. The molecule has 17 heteroatoms. The zero-order valence-electron chi connectivity index (χ0n) is 26.2. The number of hydrogen-bond donors (Lipinski definition) is 13. The van der Waals surface area contributed by atoms with E-state index >= 15 is 0 Å². The van der Waals surface area contributed by atoms with E-state index in [0.29, 0.717) is 25.9 Å². The van der Waals surface area contributed by atoms with Crippen molar-refractivity contribution in [3.8, 4) is 0 Å². The van der Waals surface area contributed by atoms with Crippen LogP contribution in [0.3, 0.4) is 0 Å². The molecule has 0 aromatic rings. The molecular formula is C28H55N5O12. The van der Waals surface area contributed by atoms with Crippen molar-refractivity contribution >= 4 is 5.84 Å². The number of nitrogens with two attached hydrogens (primary N) is 2. The lowest BCUT2D eigenvalue weighted by Gasteiger charge is -2.49. The van der Waals surface area contributed by atoms with Crippen molar-refractivity contribution in [3.63, 3.8) is 0 Å². The van der Waals surface area contributed by atoms with Gasteiger partial charge in [0.25, 0.3) is 0 Å². The molecule has 3 aliphatic rings. The molecule has 0 amide bonds. The van der Waals surface area contributed by atoms with Gasteiger partial charge in [-0.2, -0.15) is 0 Å². The summed E-state index contributed by atoms with van der Waals surface area (Å²) in [6.45, 7) is 5.15. The second kappa shape index (κ2) is 16.8. The van der Waals surface area contributed by atoms with Gasteiger partial charge in [0.1, 0.15) is 48.6 Å². The van der Waals surface area contributed by atoms with Gasteiger partial charge in [-0.15, -0.1) is 0 Å². The first-order chi connectivity index (χ1) is 21.1. The van der Waals surface area contributed by atoms with E-state index in [1.165, 1.54) is 6.92 Å². The van der Waals surface area contributed by atoms with Crippen molar-refractivity contribution in [3.05, 3.63) is 0 Å². The summed E-state index contributed by atoms with van der Waals surface area (Å²) in [5.41, 5.74) is 11.4. The van der Waals surface area contributed by atoms with Crippen molar-refractivity contribution in [1.29, 1.82) is 5.41 Å². The Kier molecular flexibility index (Phi) is 14.3. The molecule has 15 N–H and O–H groups in total. The summed E-state index contributed by atoms with van der Waals surface area (Å²) in [5, 5.41) is 95.9. The van der Waals surface area contributed by atoms with Crippen molar-refractivity contribution < 1.29 is 59.8 Å². The van der Waals surface area contributed by atoms with Crippen LogP contribution in [0.25, 0.3) is 0 Å². The molecule has 3 rings (SSSR count). The van der Waals surface area contributed by atoms with Gasteiger partial charge in [0.05, 0.1) is 37.0 Å². The highest BCUT2D eigenvalue weighted by Gasteiger charge is 2.51. The molecule has 0 radical (unpaired) electrons. The number of nitrogens with one attached hydrogen (secondary N) is 3. The summed E-state index contributed by atoms with van der Waals surface area (Å²) in [4.78, 5) is 0. The van der Waals surface area contributed by atoms with Gasteiger partial charge in [0.15, 0.2) is 12.6 Å². The molecule has 2 heterocycles. The summed E-state index contributed by atoms with van der Waals surface area (Å²) in [6.07, 6.45) is -11.9. The largest absolute Gasteiger partial charge is 0.396 e. The van der Waals surface area contributed by atoms with E-state index in [0.717, 1.165) is 0 Å². The molecule has 0 bridgehead atoms. The monoisotopic (exact) mass is 653 g/mol. The van der Waals surface area contributed by atoms with Gasteiger partial charge in [-0.05, 0) is 38.6 Å². The third-order valence-electron chi connectivity index (χ3n) is 9.13. The van der Waals surface area contributed by atoms with Gasteiger partial charge in [-0.1, -0.05) is 13.8 Å². The molecule has 0 spiro atoms. The van der Waals surface area contributed by atoms with Crippen LogP contribution in [0, 0.1) is 17.2 Å². The maximum Gasteiger partial charge on any atom is 0.184 e. The Morgan fingerprint density at radius 1 is 1.02 bits per heavy atom. The maximum absolute atomic E-state index is 11.6. The van der Waals surface area contributed by atoms with Crippen molar-refractivity contribution in [2.75, 3.05) is 32.9 Å². The lowest BCUT2D eigenvalue weighted by Crippen LogP contribution is -2.68. The summed E-state index contributed by atoms with van der Waals surface area (Å²) < 4.78 is 24.0. The number of aliphatic hydroxyl groups is 8. The lowest BCUT2D eigenvalue weighted by molar-refractivity contribution is -0.313. The second-order valence-electron chi connectivity index (χ2n) is 13.1. The smallest absolute Gasteiger partial charge is 0.184 e. The van der Waals surface area contributed by atoms with Crippen LogP contribution in [-0.2, 0) is 18.9 Å². The molecule has 3 fully saturated rings. The van der Waals surface area contributed by atoms with Gasteiger partial charge in [-0.25, -0.2) is 0 Å². The third kappa shape index (κ3) is 9.71. The molecule has 16 atom stereocenters. The van der Waals surface area contributed by atoms with Crippen LogP contribution in [0.15, 0.2) is 0 Å². The van der Waals surface area contributed by atoms with Gasteiger partial charge in [-0.3, -0.25) is 5.41 Å². The van der Waals surface area contributed by atoms with E-state index in [4.69, 9.17) is 40.9 Å². The highest BCUT2D eigenvalue weighted by Crippen LogP contribution is 2.34. The van der Waals surface area contributed by atoms with Crippen molar-refractivity contribution in [1.82, 2.24) is 10.6 Å². The summed E-state index contributed by atoms with van der Waals surface area (Å²) in [6, 6.07) is -2.39. The summed E-state index contributed by atoms with van der Waals surface area (Å²) >= 11 is 0. The highest BCUT2D eigenvalue weighted by molar-refractivity contribution is 5.84. The molecule has 1 saturated carbocycles. The third-order valence-corrected chi connectivity index (χ3v) is 9.13. The predicted octanol–water partition coefficient (Wildman–Crippen LogP) is -4.99. The topological polar surface area (TPSA) is 299 Å². The molecule has 10 unspecified atom stereocenters. The Morgan fingerprint density at radius 2 is 1.69 bits per heavy atom. The summed E-state index contributed by atoms with van der Waals surface area (Å²) in [7, 11) is 0. The quantitative estimate of drug-likeness (QED) is 0.0617. The minimum absolute atomic E-state index is 0.00220. The Balaban J connectivity index is 1.77. The SMILES string of the molecule is CC(CO)CNC[C@@H]1CCC(N)[C@@H](OC2C(O)C(O[C@H]3OCC(C)(O)[C@H](C)C3O)[C@H](NC(=N)C(O)C(O)C(O)CO)C[C@@H]2N)O1. The van der Waals surface area contributed by atoms with E-state index in [-0.39, 0.29) is 31.7 Å². The van der Waals surface area contributed by atoms with Gasteiger partial charge in [0, 0.05) is 25.1 Å². The van der Waals surface area contributed by atoms with Crippen LogP contribution in [0.2, 0.25) is 0 Å². The summed E-state index contributed by atoms with van der Waals surface area (Å²) in [5.74, 6) is -1.24. The molecule has 0 aromatic heterocycles. The molecule has 264 valence electrons. The van der Waals surface area contributed by atoms with Crippen LogP contribution in [0.1, 0.15) is 40.0 Å². The van der Waals surface area contributed by atoms with E-state index in [9.17, 15) is 35.7 Å². The molecule has 2 aliphatic heterocycles. The van der Waals surface area contributed by atoms with E-state index in [1.807, 2.05) is 6.92 Å². The second-order valence-corrected chi connectivity index (χ2v) is 13.1. The molecule has 45 heavy (non-hydrogen) atoms. The zero-order chi connectivity index (χ0) is 33.6. The maximum atomic E-state index is 11.6. The average Bonchev–Trinajstić information content (AvgIpc) is 3.00. The van der Waals surface area contributed by atoms with Crippen LogP contribution in [0.4, 0.5) is 0 Å². The Labute approximate surface area is 263 Å². The Bertz CT molecular complexity index is 923. The minimum Gasteiger partial charge on any atom is -0.396 e. The Morgan fingerprint density at radius 3 is 2.33 bits per heavy atom. The molecular weight excluding hydrogens is 598 g/mol. The number of amidine groups is 1. The van der Waals surface area contributed by atoms with Crippen molar-refractivity contribution in [2.24, 2.45) is 23.3 Å².